The first-order valence-electron chi connectivity index (χ1n) is 7.26. The van der Waals surface area contributed by atoms with Crippen molar-refractivity contribution in [2.75, 3.05) is 0 Å². The Labute approximate surface area is 125 Å². The zero-order valence-corrected chi connectivity index (χ0v) is 12.5. The fraction of sp³-hybridized carbons (Fsp3) is 0.263. The Bertz CT molecular complexity index is 600. The number of carbonyl (C=O) groups is 2. The minimum Gasteiger partial charge on any atom is -0.299 e. The molecule has 0 fully saturated rings. The first kappa shape index (κ1) is 15.2. The van der Waals surface area contributed by atoms with E-state index in [1.165, 1.54) is 0 Å². The van der Waals surface area contributed by atoms with Crippen molar-refractivity contribution >= 4 is 11.6 Å². The summed E-state index contributed by atoms with van der Waals surface area (Å²) in [5.74, 6) is -0.827. The van der Waals surface area contributed by atoms with Gasteiger partial charge in [0.25, 0.3) is 0 Å². The van der Waals surface area contributed by atoms with Crippen LogP contribution in [0.3, 0.4) is 0 Å². The maximum Gasteiger partial charge on any atom is 0.173 e. The second-order valence-corrected chi connectivity index (χ2v) is 5.53. The Morgan fingerprint density at radius 1 is 0.857 bits per heavy atom. The monoisotopic (exact) mass is 280 g/mol. The number of rotatable bonds is 6. The zero-order valence-electron chi connectivity index (χ0n) is 12.5. The van der Waals surface area contributed by atoms with Crippen LogP contribution in [0.5, 0.6) is 0 Å². The molecule has 0 aliphatic heterocycles. The molecule has 2 aromatic carbocycles. The van der Waals surface area contributed by atoms with Crippen molar-refractivity contribution in [3.05, 3.63) is 71.8 Å². The average Bonchev–Trinajstić information content (AvgIpc) is 2.53. The second-order valence-electron chi connectivity index (χ2n) is 5.53. The van der Waals surface area contributed by atoms with Crippen LogP contribution in [0.1, 0.15) is 29.8 Å². The molecule has 2 nitrogen and oxygen atoms in total. The van der Waals surface area contributed by atoms with E-state index in [1.807, 2.05) is 62.4 Å². The summed E-state index contributed by atoms with van der Waals surface area (Å²) in [6, 6.07) is 18.8. The maximum atomic E-state index is 12.7. The molecule has 0 bridgehead atoms. The van der Waals surface area contributed by atoms with Crippen LogP contribution in [0.2, 0.25) is 0 Å². The summed E-state index contributed by atoms with van der Waals surface area (Å²) in [7, 11) is 0. The van der Waals surface area contributed by atoms with Crippen molar-refractivity contribution in [3.63, 3.8) is 0 Å². The van der Waals surface area contributed by atoms with Crippen molar-refractivity contribution < 1.29 is 9.59 Å². The van der Waals surface area contributed by atoms with Gasteiger partial charge in [-0.2, -0.15) is 0 Å². The molecule has 21 heavy (non-hydrogen) atoms. The summed E-state index contributed by atoms with van der Waals surface area (Å²) in [6.07, 6.45) is 0.464. The second kappa shape index (κ2) is 6.98. The molecule has 0 radical (unpaired) electrons. The highest BCUT2D eigenvalue weighted by molar-refractivity contribution is 6.11. The summed E-state index contributed by atoms with van der Waals surface area (Å²) in [6.45, 7) is 3.69. The molecular formula is C19H20O2. The summed E-state index contributed by atoms with van der Waals surface area (Å²) in [4.78, 5) is 25.1. The van der Waals surface area contributed by atoms with E-state index in [9.17, 15) is 9.59 Å². The third-order valence-electron chi connectivity index (χ3n) is 3.57. The Morgan fingerprint density at radius 2 is 1.38 bits per heavy atom. The third-order valence-corrected chi connectivity index (χ3v) is 3.57. The Kier molecular flexibility index (Phi) is 5.04. The van der Waals surface area contributed by atoms with E-state index in [0.717, 1.165) is 5.56 Å². The quantitative estimate of drug-likeness (QED) is 0.593. The smallest absolute Gasteiger partial charge is 0.173 e. The van der Waals surface area contributed by atoms with E-state index in [-0.39, 0.29) is 17.5 Å². The predicted molar refractivity (Wildman–Crippen MR) is 84.3 cm³/mol. The van der Waals surface area contributed by atoms with Crippen LogP contribution in [0.25, 0.3) is 0 Å². The lowest BCUT2D eigenvalue weighted by Gasteiger charge is -2.17. The highest BCUT2D eigenvalue weighted by atomic mass is 16.2. The number of benzene rings is 2. The topological polar surface area (TPSA) is 34.1 Å². The van der Waals surface area contributed by atoms with Gasteiger partial charge in [-0.1, -0.05) is 74.5 Å². The standard InChI is InChI=1S/C19H20O2/c1-14(2)18(20)17(13-15-9-5-3-6-10-15)19(21)16-11-7-4-8-12-16/h3-12,14,17H,13H2,1-2H3. The lowest BCUT2D eigenvalue weighted by atomic mass is 9.84. The molecule has 2 aromatic rings. The van der Waals surface area contributed by atoms with Crippen LogP contribution in [0.4, 0.5) is 0 Å². The SMILES string of the molecule is CC(C)C(=O)C(Cc1ccccc1)C(=O)c1ccccc1. The molecule has 2 heteroatoms. The number of hydrogen-bond acceptors (Lipinski definition) is 2. The molecule has 0 saturated carbocycles. The number of hydrogen-bond donors (Lipinski definition) is 0. The molecule has 0 aliphatic carbocycles. The van der Waals surface area contributed by atoms with Crippen molar-refractivity contribution in [1.82, 2.24) is 0 Å². The Balaban J connectivity index is 2.28. The first-order chi connectivity index (χ1) is 10.1. The summed E-state index contributed by atoms with van der Waals surface area (Å²) in [5, 5.41) is 0. The van der Waals surface area contributed by atoms with Gasteiger partial charge in [-0.25, -0.2) is 0 Å². The number of Topliss-reactive ketones (excluding diaryl/α,β-unsaturated/α-hetero) is 2. The van der Waals surface area contributed by atoms with Gasteiger partial charge in [0.2, 0.25) is 0 Å². The van der Waals surface area contributed by atoms with Crippen molar-refractivity contribution in [2.24, 2.45) is 11.8 Å². The van der Waals surface area contributed by atoms with Gasteiger partial charge in [0.1, 0.15) is 5.78 Å². The van der Waals surface area contributed by atoms with Crippen LogP contribution in [0.15, 0.2) is 60.7 Å². The molecule has 0 aromatic heterocycles. The summed E-state index contributed by atoms with van der Waals surface area (Å²) >= 11 is 0. The van der Waals surface area contributed by atoms with Gasteiger partial charge >= 0.3 is 0 Å². The first-order valence-corrected chi connectivity index (χ1v) is 7.26. The summed E-state index contributed by atoms with van der Waals surface area (Å²) in [5.41, 5.74) is 1.62. The third kappa shape index (κ3) is 3.88. The minimum atomic E-state index is -0.602. The fourth-order valence-electron chi connectivity index (χ4n) is 2.38. The van der Waals surface area contributed by atoms with Crippen molar-refractivity contribution in [1.29, 1.82) is 0 Å². The Morgan fingerprint density at radius 3 is 1.90 bits per heavy atom. The van der Waals surface area contributed by atoms with E-state index in [2.05, 4.69) is 0 Å². The van der Waals surface area contributed by atoms with E-state index in [1.54, 1.807) is 12.1 Å². The molecule has 1 unspecified atom stereocenters. The average molecular weight is 280 g/mol. The minimum absolute atomic E-state index is 0.00714. The molecular weight excluding hydrogens is 260 g/mol. The summed E-state index contributed by atoms with van der Waals surface area (Å²) < 4.78 is 0. The Hall–Kier alpha value is -2.22. The van der Waals surface area contributed by atoms with Crippen LogP contribution in [-0.2, 0) is 11.2 Å². The lowest BCUT2D eigenvalue weighted by molar-refractivity contribution is -0.124. The van der Waals surface area contributed by atoms with Crippen LogP contribution in [-0.4, -0.2) is 11.6 Å². The van der Waals surface area contributed by atoms with Gasteiger partial charge in [0, 0.05) is 11.5 Å². The van der Waals surface area contributed by atoms with Gasteiger partial charge < -0.3 is 0 Å². The van der Waals surface area contributed by atoms with E-state index >= 15 is 0 Å². The molecule has 0 amide bonds. The number of ketones is 2. The molecule has 0 N–H and O–H groups in total. The maximum absolute atomic E-state index is 12.7. The molecule has 0 heterocycles. The van der Waals surface area contributed by atoms with Gasteiger partial charge in [0.05, 0.1) is 5.92 Å². The molecule has 0 aliphatic rings. The van der Waals surface area contributed by atoms with E-state index < -0.39 is 5.92 Å². The largest absolute Gasteiger partial charge is 0.299 e. The van der Waals surface area contributed by atoms with Crippen LogP contribution < -0.4 is 0 Å². The van der Waals surface area contributed by atoms with Crippen LogP contribution >= 0.6 is 0 Å². The van der Waals surface area contributed by atoms with E-state index in [4.69, 9.17) is 0 Å². The lowest BCUT2D eigenvalue weighted by Crippen LogP contribution is -2.29. The van der Waals surface area contributed by atoms with Crippen molar-refractivity contribution in [3.8, 4) is 0 Å². The molecule has 0 spiro atoms. The van der Waals surface area contributed by atoms with Crippen LogP contribution in [0, 0.1) is 11.8 Å². The highest BCUT2D eigenvalue weighted by Crippen LogP contribution is 2.19. The predicted octanol–water partition coefficient (Wildman–Crippen LogP) is 3.95. The zero-order chi connectivity index (χ0) is 15.2. The van der Waals surface area contributed by atoms with E-state index in [0.29, 0.717) is 12.0 Å². The molecule has 1 atom stereocenters. The van der Waals surface area contributed by atoms with Crippen molar-refractivity contribution in [2.45, 2.75) is 20.3 Å². The molecule has 0 saturated heterocycles. The normalized spacial score (nSPS) is 12.1. The molecule has 108 valence electrons. The number of carbonyl (C=O) groups excluding carboxylic acids is 2. The van der Waals surface area contributed by atoms with Gasteiger partial charge in [-0.3, -0.25) is 9.59 Å². The van der Waals surface area contributed by atoms with Gasteiger partial charge in [-0.05, 0) is 12.0 Å². The fourth-order valence-corrected chi connectivity index (χ4v) is 2.38. The van der Waals surface area contributed by atoms with Gasteiger partial charge in [-0.15, -0.1) is 0 Å². The molecule has 2 rings (SSSR count). The van der Waals surface area contributed by atoms with Gasteiger partial charge in [0.15, 0.2) is 5.78 Å². The highest BCUT2D eigenvalue weighted by Gasteiger charge is 2.29.